The van der Waals surface area contributed by atoms with Crippen molar-refractivity contribution in [2.75, 3.05) is 12.8 Å². The Kier molecular flexibility index (Phi) is 3.39. The number of nitrogen functional groups attached to an aromatic ring is 1. The highest BCUT2D eigenvalue weighted by molar-refractivity contribution is 14.1. The average Bonchev–Trinajstić information content (AvgIpc) is 2.29. The van der Waals surface area contributed by atoms with Gasteiger partial charge in [0.2, 0.25) is 0 Å². The first-order valence-electron chi connectivity index (χ1n) is 4.66. The van der Waals surface area contributed by atoms with Gasteiger partial charge >= 0.3 is 5.97 Å². The highest BCUT2D eigenvalue weighted by Crippen LogP contribution is 2.29. The van der Waals surface area contributed by atoms with Crippen LogP contribution in [0.3, 0.4) is 0 Å². The largest absolute Gasteiger partial charge is 0.465 e. The van der Waals surface area contributed by atoms with Crippen LogP contribution in [0.5, 0.6) is 0 Å². The molecule has 17 heavy (non-hydrogen) atoms. The van der Waals surface area contributed by atoms with E-state index in [1.54, 1.807) is 12.1 Å². The SMILES string of the molecule is COC(=O)c1cnc2c(I)cc(Cl)cc2c1N. The van der Waals surface area contributed by atoms with E-state index in [9.17, 15) is 4.79 Å². The van der Waals surface area contributed by atoms with Crippen LogP contribution in [-0.2, 0) is 4.74 Å². The first-order valence-corrected chi connectivity index (χ1v) is 6.12. The zero-order valence-corrected chi connectivity index (χ0v) is 11.7. The maximum absolute atomic E-state index is 11.5. The molecule has 2 aromatic rings. The summed E-state index contributed by atoms with van der Waals surface area (Å²) in [7, 11) is 1.30. The molecule has 1 aromatic carbocycles. The Morgan fingerprint density at radius 1 is 1.53 bits per heavy atom. The minimum absolute atomic E-state index is 0.248. The Bertz CT molecular complexity index is 616. The van der Waals surface area contributed by atoms with Crippen molar-refractivity contribution >= 4 is 56.8 Å². The van der Waals surface area contributed by atoms with Crippen LogP contribution >= 0.6 is 34.2 Å². The fourth-order valence-corrected chi connectivity index (χ4v) is 2.69. The summed E-state index contributed by atoms with van der Waals surface area (Å²) in [6.07, 6.45) is 1.42. The summed E-state index contributed by atoms with van der Waals surface area (Å²) in [5.74, 6) is -0.508. The number of nitrogens with two attached hydrogens (primary N) is 1. The van der Waals surface area contributed by atoms with Crippen LogP contribution < -0.4 is 5.73 Å². The van der Waals surface area contributed by atoms with E-state index in [0.717, 1.165) is 9.09 Å². The van der Waals surface area contributed by atoms with Gasteiger partial charge in [-0.25, -0.2) is 4.79 Å². The van der Waals surface area contributed by atoms with Crippen LogP contribution in [0.25, 0.3) is 10.9 Å². The first kappa shape index (κ1) is 12.4. The third-order valence-corrected chi connectivity index (χ3v) is 3.38. The lowest BCUT2D eigenvalue weighted by atomic mass is 10.1. The molecule has 0 aliphatic rings. The normalized spacial score (nSPS) is 10.5. The summed E-state index contributed by atoms with van der Waals surface area (Å²) in [5.41, 5.74) is 7.24. The quantitative estimate of drug-likeness (QED) is 0.626. The molecule has 0 radical (unpaired) electrons. The summed E-state index contributed by atoms with van der Waals surface area (Å²) >= 11 is 8.08. The van der Waals surface area contributed by atoms with E-state index < -0.39 is 5.97 Å². The number of rotatable bonds is 1. The van der Waals surface area contributed by atoms with Crippen LogP contribution in [0.15, 0.2) is 18.3 Å². The molecular formula is C11H8ClIN2O2. The molecule has 0 fully saturated rings. The van der Waals surface area contributed by atoms with Crippen LogP contribution in [0.1, 0.15) is 10.4 Å². The molecule has 0 atom stereocenters. The molecule has 2 rings (SSSR count). The monoisotopic (exact) mass is 362 g/mol. The molecule has 1 aromatic heterocycles. The molecule has 0 aliphatic carbocycles. The van der Waals surface area contributed by atoms with E-state index in [2.05, 4.69) is 32.3 Å². The number of fused-ring (bicyclic) bond motifs is 1. The minimum atomic E-state index is -0.508. The first-order chi connectivity index (χ1) is 8.04. The van der Waals surface area contributed by atoms with Gasteiger partial charge in [-0.3, -0.25) is 4.98 Å². The number of nitrogens with zero attached hydrogens (tertiary/aromatic N) is 1. The van der Waals surface area contributed by atoms with Crippen molar-refractivity contribution in [2.24, 2.45) is 0 Å². The number of hydrogen-bond acceptors (Lipinski definition) is 4. The van der Waals surface area contributed by atoms with E-state index in [-0.39, 0.29) is 5.56 Å². The minimum Gasteiger partial charge on any atom is -0.465 e. The number of anilines is 1. The molecule has 0 aliphatic heterocycles. The number of pyridine rings is 1. The molecule has 6 heteroatoms. The Morgan fingerprint density at radius 3 is 2.88 bits per heavy atom. The second-order valence-corrected chi connectivity index (χ2v) is 4.96. The lowest BCUT2D eigenvalue weighted by Crippen LogP contribution is -2.07. The fourth-order valence-electron chi connectivity index (χ4n) is 1.52. The number of carbonyl (C=O) groups excluding carboxylic acids is 1. The molecule has 0 bridgehead atoms. The van der Waals surface area contributed by atoms with Crippen molar-refractivity contribution in [1.82, 2.24) is 4.98 Å². The van der Waals surface area contributed by atoms with Crippen molar-refractivity contribution in [3.63, 3.8) is 0 Å². The number of benzene rings is 1. The fraction of sp³-hybridized carbons (Fsp3) is 0.0909. The number of ether oxygens (including phenoxy) is 1. The predicted octanol–water partition coefficient (Wildman–Crippen LogP) is 2.86. The second kappa shape index (κ2) is 4.66. The lowest BCUT2D eigenvalue weighted by Gasteiger charge is -2.08. The molecule has 0 saturated heterocycles. The van der Waals surface area contributed by atoms with E-state index in [1.165, 1.54) is 13.3 Å². The summed E-state index contributed by atoms with van der Waals surface area (Å²) in [6.45, 7) is 0. The Hall–Kier alpha value is -1.08. The maximum Gasteiger partial charge on any atom is 0.341 e. The second-order valence-electron chi connectivity index (χ2n) is 3.36. The summed E-state index contributed by atoms with van der Waals surface area (Å²) in [5, 5.41) is 1.21. The van der Waals surface area contributed by atoms with Gasteiger partial charge in [-0.15, -0.1) is 0 Å². The zero-order chi connectivity index (χ0) is 12.6. The van der Waals surface area contributed by atoms with Crippen LogP contribution in [-0.4, -0.2) is 18.1 Å². The molecule has 2 N–H and O–H groups in total. The number of methoxy groups -OCH3 is 1. The summed E-state index contributed by atoms with van der Waals surface area (Å²) in [6, 6.07) is 3.47. The average molecular weight is 363 g/mol. The number of esters is 1. The highest BCUT2D eigenvalue weighted by atomic mass is 127. The van der Waals surface area contributed by atoms with E-state index in [4.69, 9.17) is 17.3 Å². The van der Waals surface area contributed by atoms with Crippen molar-refractivity contribution in [2.45, 2.75) is 0 Å². The molecule has 0 unspecified atom stereocenters. The zero-order valence-electron chi connectivity index (χ0n) is 8.83. The Balaban J connectivity index is 2.79. The molecular weight excluding hydrogens is 354 g/mol. The standard InChI is InChI=1S/C11H8ClIN2O2/c1-17-11(16)7-4-15-10-6(9(7)14)2-5(12)3-8(10)13/h2-4H,1H3,(H2,14,15). The maximum atomic E-state index is 11.5. The topological polar surface area (TPSA) is 65.2 Å². The lowest BCUT2D eigenvalue weighted by molar-refractivity contribution is 0.0601. The van der Waals surface area contributed by atoms with Crippen LogP contribution in [0, 0.1) is 3.57 Å². The van der Waals surface area contributed by atoms with Gasteiger partial charge in [0.15, 0.2) is 0 Å². The van der Waals surface area contributed by atoms with Gasteiger partial charge in [-0.05, 0) is 34.7 Å². The number of halogens is 2. The van der Waals surface area contributed by atoms with Gasteiger partial charge in [0.1, 0.15) is 5.56 Å². The molecule has 88 valence electrons. The number of hydrogen-bond donors (Lipinski definition) is 1. The number of carbonyl (C=O) groups is 1. The third-order valence-electron chi connectivity index (χ3n) is 2.34. The van der Waals surface area contributed by atoms with Crippen molar-refractivity contribution in [3.8, 4) is 0 Å². The number of aromatic nitrogens is 1. The van der Waals surface area contributed by atoms with E-state index in [1.807, 2.05) is 0 Å². The summed E-state index contributed by atoms with van der Waals surface area (Å²) < 4.78 is 5.52. The van der Waals surface area contributed by atoms with Gasteiger partial charge in [-0.1, -0.05) is 11.6 Å². The summed E-state index contributed by atoms with van der Waals surface area (Å²) in [4.78, 5) is 15.7. The predicted molar refractivity (Wildman–Crippen MR) is 75.2 cm³/mol. The van der Waals surface area contributed by atoms with Crippen molar-refractivity contribution in [3.05, 3.63) is 32.5 Å². The van der Waals surface area contributed by atoms with Gasteiger partial charge < -0.3 is 10.5 Å². The van der Waals surface area contributed by atoms with Crippen molar-refractivity contribution < 1.29 is 9.53 Å². The smallest absolute Gasteiger partial charge is 0.341 e. The molecule has 0 spiro atoms. The molecule has 0 saturated carbocycles. The molecule has 0 amide bonds. The molecule has 1 heterocycles. The van der Waals surface area contributed by atoms with Crippen molar-refractivity contribution in [1.29, 1.82) is 0 Å². The van der Waals surface area contributed by atoms with Crippen LogP contribution in [0.4, 0.5) is 5.69 Å². The van der Waals surface area contributed by atoms with Crippen LogP contribution in [0.2, 0.25) is 5.02 Å². The van der Waals surface area contributed by atoms with Gasteiger partial charge in [0.25, 0.3) is 0 Å². The van der Waals surface area contributed by atoms with Gasteiger partial charge in [0, 0.05) is 20.2 Å². The Morgan fingerprint density at radius 2 is 2.24 bits per heavy atom. The third kappa shape index (κ3) is 2.16. The van der Waals surface area contributed by atoms with E-state index in [0.29, 0.717) is 16.1 Å². The van der Waals surface area contributed by atoms with Gasteiger partial charge in [-0.2, -0.15) is 0 Å². The van der Waals surface area contributed by atoms with Gasteiger partial charge in [0.05, 0.1) is 18.3 Å². The molecule has 4 nitrogen and oxygen atoms in total. The Labute approximate surface area is 116 Å². The highest BCUT2D eigenvalue weighted by Gasteiger charge is 2.15. The van der Waals surface area contributed by atoms with E-state index >= 15 is 0 Å².